The Labute approximate surface area is 109 Å². The first kappa shape index (κ1) is 10.7. The summed E-state index contributed by atoms with van der Waals surface area (Å²) >= 11 is 0. The Hall–Kier alpha value is -1.24. The summed E-state index contributed by atoms with van der Waals surface area (Å²) in [5, 5.41) is 4.86. The van der Waals surface area contributed by atoms with E-state index in [1.807, 2.05) is 0 Å². The lowest BCUT2D eigenvalue weighted by Crippen LogP contribution is -2.18. The Morgan fingerprint density at radius 2 is 1.89 bits per heavy atom. The second-order valence-corrected chi connectivity index (χ2v) is 6.36. The summed E-state index contributed by atoms with van der Waals surface area (Å²) in [5.41, 5.74) is 7.74. The van der Waals surface area contributed by atoms with Gasteiger partial charge in [0.1, 0.15) is 0 Å². The highest BCUT2D eigenvalue weighted by atomic mass is 14.9. The molecule has 1 heteroatoms. The van der Waals surface area contributed by atoms with E-state index in [1.165, 1.54) is 61.9 Å². The number of fused-ring (bicyclic) bond motifs is 2. The van der Waals surface area contributed by atoms with Gasteiger partial charge in [0.15, 0.2) is 0 Å². The van der Waals surface area contributed by atoms with Crippen LogP contribution in [0.15, 0.2) is 23.9 Å². The van der Waals surface area contributed by atoms with Crippen LogP contribution >= 0.6 is 0 Å². The van der Waals surface area contributed by atoms with Crippen molar-refractivity contribution >= 4 is 11.3 Å². The Kier molecular flexibility index (Phi) is 2.15. The van der Waals surface area contributed by atoms with Crippen LogP contribution in [0.3, 0.4) is 0 Å². The Morgan fingerprint density at radius 1 is 1.06 bits per heavy atom. The molecule has 3 aliphatic rings. The van der Waals surface area contributed by atoms with E-state index in [0.29, 0.717) is 5.41 Å². The number of hydrogen-bond donors (Lipinski definition) is 0. The van der Waals surface area contributed by atoms with Crippen molar-refractivity contribution in [3.05, 3.63) is 35.0 Å². The molecule has 0 atom stereocenters. The topological polar surface area (TPSA) is 14.1 Å². The minimum absolute atomic E-state index is 0.409. The van der Waals surface area contributed by atoms with Gasteiger partial charge in [-0.05, 0) is 54.7 Å². The maximum Gasteiger partial charge on any atom is 0.0711 e. The molecule has 1 saturated carbocycles. The first-order chi connectivity index (χ1) is 8.78. The SMILES string of the molecule is CC1(c2cccc3c2C2=C(CCC2)[N]3)CCCC1. The second-order valence-electron chi connectivity index (χ2n) is 6.36. The molecular weight excluding hydrogens is 218 g/mol. The fourth-order valence-corrected chi connectivity index (χ4v) is 4.14. The standard InChI is InChI=1S/C17H20N/c1-17(10-2-3-11-17)13-7-5-9-15-16(13)12-6-4-8-14(12)18-15/h5,7,9H,2-4,6,8,10-11H2,1H3. The maximum atomic E-state index is 4.86. The van der Waals surface area contributed by atoms with Crippen LogP contribution < -0.4 is 5.32 Å². The van der Waals surface area contributed by atoms with Crippen LogP contribution in [0.5, 0.6) is 0 Å². The van der Waals surface area contributed by atoms with E-state index in [1.54, 1.807) is 11.1 Å². The molecule has 1 aromatic carbocycles. The normalized spacial score (nSPS) is 24.1. The van der Waals surface area contributed by atoms with Crippen molar-refractivity contribution in [3.8, 4) is 0 Å². The van der Waals surface area contributed by atoms with Gasteiger partial charge in [0, 0.05) is 11.3 Å². The van der Waals surface area contributed by atoms with E-state index in [9.17, 15) is 0 Å². The van der Waals surface area contributed by atoms with Gasteiger partial charge < -0.3 is 0 Å². The highest BCUT2D eigenvalue weighted by Crippen LogP contribution is 2.51. The predicted octanol–water partition coefficient (Wildman–Crippen LogP) is 4.66. The molecule has 1 radical (unpaired) electrons. The lowest BCUT2D eigenvalue weighted by molar-refractivity contribution is 0.490. The zero-order valence-electron chi connectivity index (χ0n) is 11.1. The number of allylic oxidation sites excluding steroid dienone is 2. The molecule has 0 aromatic heterocycles. The van der Waals surface area contributed by atoms with Crippen molar-refractivity contribution in [2.75, 3.05) is 0 Å². The van der Waals surface area contributed by atoms with Gasteiger partial charge in [0.2, 0.25) is 0 Å². The lowest BCUT2D eigenvalue weighted by Gasteiger charge is -2.27. The van der Waals surface area contributed by atoms with E-state index in [0.717, 1.165) is 0 Å². The summed E-state index contributed by atoms with van der Waals surface area (Å²) < 4.78 is 0. The van der Waals surface area contributed by atoms with Gasteiger partial charge in [-0.2, -0.15) is 0 Å². The van der Waals surface area contributed by atoms with Crippen molar-refractivity contribution in [2.45, 2.75) is 57.3 Å². The summed E-state index contributed by atoms with van der Waals surface area (Å²) in [5.74, 6) is 0. The van der Waals surface area contributed by atoms with Gasteiger partial charge >= 0.3 is 0 Å². The highest BCUT2D eigenvalue weighted by Gasteiger charge is 2.37. The number of rotatable bonds is 1. The first-order valence-electron chi connectivity index (χ1n) is 7.36. The molecule has 0 N–H and O–H groups in total. The van der Waals surface area contributed by atoms with Gasteiger partial charge in [-0.25, -0.2) is 0 Å². The second kappa shape index (κ2) is 3.63. The average molecular weight is 238 g/mol. The zero-order chi connectivity index (χ0) is 12.2. The summed E-state index contributed by atoms with van der Waals surface area (Å²) in [6.07, 6.45) is 9.24. The molecule has 4 rings (SSSR count). The van der Waals surface area contributed by atoms with Gasteiger partial charge in [-0.1, -0.05) is 31.9 Å². The molecule has 0 bridgehead atoms. The summed E-state index contributed by atoms with van der Waals surface area (Å²) in [6.45, 7) is 2.46. The Balaban J connectivity index is 1.89. The highest BCUT2D eigenvalue weighted by molar-refractivity contribution is 5.85. The van der Waals surface area contributed by atoms with Gasteiger partial charge in [0.05, 0.1) is 5.69 Å². The monoisotopic (exact) mass is 238 g/mol. The molecule has 1 heterocycles. The number of nitrogens with zero attached hydrogens (tertiary/aromatic N) is 1. The third-order valence-corrected chi connectivity index (χ3v) is 5.15. The molecule has 1 aliphatic heterocycles. The van der Waals surface area contributed by atoms with Crippen molar-refractivity contribution in [1.29, 1.82) is 0 Å². The fraction of sp³-hybridized carbons (Fsp3) is 0.529. The number of hydrogen-bond acceptors (Lipinski definition) is 0. The molecule has 1 nitrogen and oxygen atoms in total. The zero-order valence-corrected chi connectivity index (χ0v) is 11.1. The van der Waals surface area contributed by atoms with Crippen LogP contribution in [0.4, 0.5) is 5.69 Å². The molecule has 0 saturated heterocycles. The Bertz CT molecular complexity index is 533. The molecule has 1 aromatic rings. The van der Waals surface area contributed by atoms with Crippen molar-refractivity contribution < 1.29 is 0 Å². The third-order valence-electron chi connectivity index (χ3n) is 5.15. The molecule has 2 aliphatic carbocycles. The van der Waals surface area contributed by atoms with Crippen LogP contribution in [0.25, 0.3) is 5.57 Å². The van der Waals surface area contributed by atoms with Crippen LogP contribution in [0.1, 0.15) is 63.0 Å². The number of benzene rings is 1. The van der Waals surface area contributed by atoms with Crippen molar-refractivity contribution in [3.63, 3.8) is 0 Å². The first-order valence-corrected chi connectivity index (χ1v) is 7.36. The van der Waals surface area contributed by atoms with E-state index < -0.39 is 0 Å². The average Bonchev–Trinajstić information content (AvgIpc) is 3.03. The largest absolute Gasteiger partial charge is 0.253 e. The van der Waals surface area contributed by atoms with Gasteiger partial charge in [0.25, 0.3) is 0 Å². The molecule has 18 heavy (non-hydrogen) atoms. The lowest BCUT2D eigenvalue weighted by atomic mass is 9.77. The van der Waals surface area contributed by atoms with E-state index >= 15 is 0 Å². The minimum atomic E-state index is 0.409. The van der Waals surface area contributed by atoms with Crippen LogP contribution in [0.2, 0.25) is 0 Å². The molecule has 93 valence electrons. The quantitative estimate of drug-likeness (QED) is 0.675. The molecular formula is C17H20N. The van der Waals surface area contributed by atoms with Crippen LogP contribution in [0, 0.1) is 0 Å². The smallest absolute Gasteiger partial charge is 0.0711 e. The van der Waals surface area contributed by atoms with Gasteiger partial charge in [-0.3, -0.25) is 5.32 Å². The molecule has 0 spiro atoms. The van der Waals surface area contributed by atoms with E-state index in [4.69, 9.17) is 5.32 Å². The summed E-state index contributed by atoms with van der Waals surface area (Å²) in [4.78, 5) is 0. The summed E-state index contributed by atoms with van der Waals surface area (Å²) in [6, 6.07) is 6.78. The third kappa shape index (κ3) is 1.33. The van der Waals surface area contributed by atoms with Crippen molar-refractivity contribution in [2.24, 2.45) is 0 Å². The minimum Gasteiger partial charge on any atom is -0.253 e. The van der Waals surface area contributed by atoms with E-state index in [-0.39, 0.29) is 0 Å². The fourth-order valence-electron chi connectivity index (χ4n) is 4.14. The molecule has 1 fully saturated rings. The Morgan fingerprint density at radius 3 is 2.72 bits per heavy atom. The predicted molar refractivity (Wildman–Crippen MR) is 74.8 cm³/mol. The van der Waals surface area contributed by atoms with Crippen LogP contribution in [-0.4, -0.2) is 0 Å². The van der Waals surface area contributed by atoms with Crippen LogP contribution in [-0.2, 0) is 5.41 Å². The molecule has 0 amide bonds. The van der Waals surface area contributed by atoms with Crippen molar-refractivity contribution in [1.82, 2.24) is 5.32 Å². The molecule has 0 unspecified atom stereocenters. The summed E-state index contributed by atoms with van der Waals surface area (Å²) in [7, 11) is 0. The maximum absolute atomic E-state index is 4.86. The van der Waals surface area contributed by atoms with Gasteiger partial charge in [-0.15, -0.1) is 0 Å². The van der Waals surface area contributed by atoms with E-state index in [2.05, 4.69) is 25.1 Å².